The van der Waals surface area contributed by atoms with Crippen molar-refractivity contribution in [2.75, 3.05) is 7.11 Å². The van der Waals surface area contributed by atoms with E-state index in [4.69, 9.17) is 0 Å². The van der Waals surface area contributed by atoms with Crippen molar-refractivity contribution in [3.63, 3.8) is 0 Å². The lowest BCUT2D eigenvalue weighted by Gasteiger charge is -2.16. The lowest BCUT2D eigenvalue weighted by molar-refractivity contribution is -0.145. The molecule has 2 saturated carbocycles. The van der Waals surface area contributed by atoms with Crippen molar-refractivity contribution >= 4 is 11.9 Å². The zero-order chi connectivity index (χ0) is 14.0. The molecule has 2 rings (SSSR count). The maximum Gasteiger partial charge on any atom is 0.308 e. The third-order valence-electron chi connectivity index (χ3n) is 4.09. The highest BCUT2D eigenvalue weighted by Crippen LogP contribution is 2.39. The summed E-state index contributed by atoms with van der Waals surface area (Å²) in [6.45, 7) is 0. The molecule has 0 aromatic rings. The first-order valence-corrected chi connectivity index (χ1v) is 6.67. The minimum Gasteiger partial charge on any atom is -0.469 e. The molecule has 4 nitrogen and oxygen atoms in total. The quantitative estimate of drug-likeness (QED) is 0.800. The number of esters is 1. The van der Waals surface area contributed by atoms with Gasteiger partial charge < -0.3 is 10.1 Å². The van der Waals surface area contributed by atoms with Crippen LogP contribution >= 0.6 is 0 Å². The van der Waals surface area contributed by atoms with Crippen LogP contribution in [0.3, 0.4) is 0 Å². The SMILES string of the molecule is COC(=O)[C@H]1CC[C@@H](NC(=O)C2CCC(F)(F)C2)C1. The number of hydrogen-bond acceptors (Lipinski definition) is 3. The molecule has 0 bridgehead atoms. The van der Waals surface area contributed by atoms with Gasteiger partial charge in [0.2, 0.25) is 11.8 Å². The average Bonchev–Trinajstić information content (AvgIpc) is 2.94. The Kier molecular flexibility index (Phi) is 4.06. The van der Waals surface area contributed by atoms with Gasteiger partial charge in [0.05, 0.1) is 13.0 Å². The Labute approximate surface area is 110 Å². The van der Waals surface area contributed by atoms with Crippen LogP contribution < -0.4 is 5.32 Å². The van der Waals surface area contributed by atoms with E-state index in [1.165, 1.54) is 7.11 Å². The molecule has 0 aromatic carbocycles. The number of carbonyl (C=O) groups excluding carboxylic acids is 2. The zero-order valence-electron chi connectivity index (χ0n) is 11.0. The van der Waals surface area contributed by atoms with Crippen molar-refractivity contribution in [3.05, 3.63) is 0 Å². The minimum absolute atomic E-state index is 0.0918. The van der Waals surface area contributed by atoms with Crippen LogP contribution in [0.5, 0.6) is 0 Å². The smallest absolute Gasteiger partial charge is 0.308 e. The first kappa shape index (κ1) is 14.2. The summed E-state index contributed by atoms with van der Waals surface area (Å²) < 4.78 is 30.7. The van der Waals surface area contributed by atoms with E-state index in [1.54, 1.807) is 0 Å². The lowest BCUT2D eigenvalue weighted by atomic mass is 10.1. The van der Waals surface area contributed by atoms with Crippen LogP contribution in [-0.2, 0) is 14.3 Å². The van der Waals surface area contributed by atoms with Gasteiger partial charge in [0.15, 0.2) is 0 Å². The highest BCUT2D eigenvalue weighted by atomic mass is 19.3. The van der Waals surface area contributed by atoms with Gasteiger partial charge in [-0.15, -0.1) is 0 Å². The number of hydrogen-bond donors (Lipinski definition) is 1. The number of carbonyl (C=O) groups is 2. The summed E-state index contributed by atoms with van der Waals surface area (Å²) in [6, 6.07) is -0.0918. The van der Waals surface area contributed by atoms with E-state index in [0.717, 1.165) is 0 Å². The number of amides is 1. The molecule has 0 heterocycles. The molecule has 0 spiro atoms. The Bertz CT molecular complexity index is 373. The summed E-state index contributed by atoms with van der Waals surface area (Å²) in [5.41, 5.74) is 0. The molecular formula is C13H19F2NO3. The molecule has 19 heavy (non-hydrogen) atoms. The summed E-state index contributed by atoms with van der Waals surface area (Å²) in [6.07, 6.45) is 1.60. The number of rotatable bonds is 3. The van der Waals surface area contributed by atoms with Crippen LogP contribution in [-0.4, -0.2) is 31.0 Å². The van der Waals surface area contributed by atoms with Crippen LogP contribution in [0.15, 0.2) is 0 Å². The van der Waals surface area contributed by atoms with Crippen LogP contribution in [0.25, 0.3) is 0 Å². The summed E-state index contributed by atoms with van der Waals surface area (Å²) >= 11 is 0. The predicted octanol–water partition coefficient (Wildman–Crippen LogP) is 1.88. The Morgan fingerprint density at radius 2 is 1.95 bits per heavy atom. The highest BCUT2D eigenvalue weighted by Gasteiger charge is 2.43. The zero-order valence-corrected chi connectivity index (χ0v) is 11.0. The van der Waals surface area contributed by atoms with Crippen LogP contribution in [0.1, 0.15) is 38.5 Å². The first-order valence-electron chi connectivity index (χ1n) is 6.67. The van der Waals surface area contributed by atoms with Gasteiger partial charge in [-0.2, -0.15) is 0 Å². The first-order chi connectivity index (χ1) is 8.91. The van der Waals surface area contributed by atoms with E-state index < -0.39 is 11.8 Å². The fourth-order valence-corrected chi connectivity index (χ4v) is 2.99. The molecule has 3 atom stereocenters. The van der Waals surface area contributed by atoms with Gasteiger partial charge in [-0.3, -0.25) is 9.59 Å². The van der Waals surface area contributed by atoms with Gasteiger partial charge in [0.1, 0.15) is 0 Å². The molecule has 0 aromatic heterocycles. The second kappa shape index (κ2) is 5.43. The molecule has 2 aliphatic rings. The monoisotopic (exact) mass is 275 g/mol. The largest absolute Gasteiger partial charge is 0.469 e. The molecule has 108 valence electrons. The average molecular weight is 275 g/mol. The Morgan fingerprint density at radius 3 is 2.53 bits per heavy atom. The van der Waals surface area contributed by atoms with Gasteiger partial charge in [-0.25, -0.2) is 8.78 Å². The number of alkyl halides is 2. The summed E-state index contributed by atoms with van der Waals surface area (Å²) in [7, 11) is 1.34. The van der Waals surface area contributed by atoms with Gasteiger partial charge in [-0.05, 0) is 25.7 Å². The maximum absolute atomic E-state index is 13.0. The van der Waals surface area contributed by atoms with Gasteiger partial charge in [0.25, 0.3) is 0 Å². The number of ether oxygens (including phenoxy) is 1. The van der Waals surface area contributed by atoms with Gasteiger partial charge in [-0.1, -0.05) is 0 Å². The van der Waals surface area contributed by atoms with Crippen LogP contribution in [0, 0.1) is 11.8 Å². The summed E-state index contributed by atoms with van der Waals surface area (Å²) in [5, 5.41) is 2.79. The van der Waals surface area contributed by atoms with Crippen molar-refractivity contribution < 1.29 is 23.1 Å². The number of nitrogens with one attached hydrogen (secondary N) is 1. The molecule has 2 fully saturated rings. The second-order valence-corrected chi connectivity index (χ2v) is 5.53. The molecule has 0 saturated heterocycles. The highest BCUT2D eigenvalue weighted by molar-refractivity contribution is 5.79. The predicted molar refractivity (Wildman–Crippen MR) is 63.6 cm³/mol. The fourth-order valence-electron chi connectivity index (χ4n) is 2.99. The number of methoxy groups -OCH3 is 1. The van der Waals surface area contributed by atoms with Crippen molar-refractivity contribution in [3.8, 4) is 0 Å². The van der Waals surface area contributed by atoms with Crippen molar-refractivity contribution in [2.24, 2.45) is 11.8 Å². The molecule has 0 radical (unpaired) electrons. The Hall–Kier alpha value is -1.20. The molecule has 6 heteroatoms. The van der Waals surface area contributed by atoms with E-state index in [-0.39, 0.29) is 43.1 Å². The van der Waals surface area contributed by atoms with Gasteiger partial charge >= 0.3 is 5.97 Å². The summed E-state index contributed by atoms with van der Waals surface area (Å²) in [4.78, 5) is 23.2. The molecule has 1 amide bonds. The summed E-state index contributed by atoms with van der Waals surface area (Å²) in [5.74, 6) is -4.03. The topological polar surface area (TPSA) is 55.4 Å². The Morgan fingerprint density at radius 1 is 1.21 bits per heavy atom. The normalized spacial score (nSPS) is 33.1. The fraction of sp³-hybridized carbons (Fsp3) is 0.846. The van der Waals surface area contributed by atoms with Crippen molar-refractivity contribution in [1.29, 1.82) is 0 Å². The van der Waals surface area contributed by atoms with Crippen molar-refractivity contribution in [2.45, 2.75) is 50.5 Å². The minimum atomic E-state index is -2.70. The van der Waals surface area contributed by atoms with E-state index >= 15 is 0 Å². The molecular weight excluding hydrogens is 256 g/mol. The molecule has 0 aliphatic heterocycles. The lowest BCUT2D eigenvalue weighted by Crippen LogP contribution is -2.37. The standard InChI is InChI=1S/C13H19F2NO3/c1-19-12(18)8-2-3-10(6-8)16-11(17)9-4-5-13(14,15)7-9/h8-10H,2-7H2,1H3,(H,16,17)/t8-,9?,10+/m0/s1. The molecule has 1 N–H and O–H groups in total. The van der Waals surface area contributed by atoms with E-state index in [0.29, 0.717) is 19.3 Å². The van der Waals surface area contributed by atoms with Gasteiger partial charge in [0, 0.05) is 24.8 Å². The Balaban J connectivity index is 1.80. The van der Waals surface area contributed by atoms with E-state index in [1.807, 2.05) is 0 Å². The number of halogens is 2. The second-order valence-electron chi connectivity index (χ2n) is 5.53. The van der Waals surface area contributed by atoms with E-state index in [2.05, 4.69) is 10.1 Å². The molecule has 2 aliphatic carbocycles. The van der Waals surface area contributed by atoms with Crippen molar-refractivity contribution in [1.82, 2.24) is 5.32 Å². The molecule has 1 unspecified atom stereocenters. The van der Waals surface area contributed by atoms with Crippen LogP contribution in [0.2, 0.25) is 0 Å². The maximum atomic E-state index is 13.0. The third kappa shape index (κ3) is 3.42. The van der Waals surface area contributed by atoms with Crippen LogP contribution in [0.4, 0.5) is 8.78 Å². The third-order valence-corrected chi connectivity index (χ3v) is 4.09. The van der Waals surface area contributed by atoms with E-state index in [9.17, 15) is 18.4 Å².